The zero-order chi connectivity index (χ0) is 20.7. The Morgan fingerprint density at radius 2 is 1.93 bits per heavy atom. The highest BCUT2D eigenvalue weighted by Gasteiger charge is 2.35. The van der Waals surface area contributed by atoms with Gasteiger partial charge in [-0.05, 0) is 49.6 Å². The van der Waals surface area contributed by atoms with Gasteiger partial charge in [0.2, 0.25) is 0 Å². The lowest BCUT2D eigenvalue weighted by Crippen LogP contribution is -2.48. The van der Waals surface area contributed by atoms with Crippen LogP contribution in [0.1, 0.15) is 31.0 Å². The molecule has 0 unspecified atom stereocenters. The molecule has 0 saturated carbocycles. The fraction of sp³-hybridized carbons (Fsp3) is 0.522. The van der Waals surface area contributed by atoms with Gasteiger partial charge in [0.1, 0.15) is 5.75 Å². The fourth-order valence-corrected chi connectivity index (χ4v) is 4.01. The maximum Gasteiger partial charge on any atom is 0.193 e. The molecular formula is C23H35IN4O2. The van der Waals surface area contributed by atoms with Gasteiger partial charge in [-0.2, -0.15) is 0 Å². The molecule has 2 aromatic rings. The number of nitrogens with zero attached hydrogens (tertiary/aromatic N) is 3. The summed E-state index contributed by atoms with van der Waals surface area (Å²) in [5.41, 5.74) is 2.62. The highest BCUT2D eigenvalue weighted by Crippen LogP contribution is 2.35. The Labute approximate surface area is 197 Å². The molecule has 1 aromatic carbocycles. The van der Waals surface area contributed by atoms with Crippen molar-refractivity contribution in [3.05, 3.63) is 53.9 Å². The first-order valence-corrected chi connectivity index (χ1v) is 10.4. The molecule has 6 nitrogen and oxygen atoms in total. The van der Waals surface area contributed by atoms with E-state index in [-0.39, 0.29) is 29.4 Å². The van der Waals surface area contributed by atoms with Crippen molar-refractivity contribution in [1.82, 2.24) is 14.8 Å². The SMILES string of the molecule is CCOc1ccc(C2(CNC(=NC)N(C)Cc3cccn3C)CCOCC2)cc1.I. The minimum absolute atomic E-state index is 0. The van der Waals surface area contributed by atoms with Gasteiger partial charge in [0.15, 0.2) is 5.96 Å². The average Bonchev–Trinajstić information content (AvgIpc) is 3.14. The summed E-state index contributed by atoms with van der Waals surface area (Å²) in [6.45, 7) is 5.90. The zero-order valence-electron chi connectivity index (χ0n) is 18.6. The second-order valence-corrected chi connectivity index (χ2v) is 7.72. The zero-order valence-corrected chi connectivity index (χ0v) is 20.9. The van der Waals surface area contributed by atoms with Gasteiger partial charge < -0.3 is 24.3 Å². The lowest BCUT2D eigenvalue weighted by atomic mass is 9.74. The highest BCUT2D eigenvalue weighted by atomic mass is 127. The molecule has 1 fully saturated rings. The molecule has 1 saturated heterocycles. The number of aliphatic imine (C=N–C) groups is 1. The van der Waals surface area contributed by atoms with E-state index in [1.165, 1.54) is 11.3 Å². The molecule has 0 bridgehead atoms. The smallest absolute Gasteiger partial charge is 0.193 e. The van der Waals surface area contributed by atoms with E-state index in [1.807, 2.05) is 14.0 Å². The van der Waals surface area contributed by atoms with E-state index in [0.29, 0.717) is 6.61 Å². The second kappa shape index (κ2) is 11.6. The molecule has 1 aliphatic heterocycles. The largest absolute Gasteiger partial charge is 0.494 e. The molecule has 0 atom stereocenters. The molecule has 1 N–H and O–H groups in total. The van der Waals surface area contributed by atoms with Crippen molar-refractivity contribution >= 4 is 29.9 Å². The number of hydrogen-bond donors (Lipinski definition) is 1. The summed E-state index contributed by atoms with van der Waals surface area (Å²) in [4.78, 5) is 6.68. The number of halogens is 1. The Kier molecular flexibility index (Phi) is 9.48. The van der Waals surface area contributed by atoms with Crippen LogP contribution >= 0.6 is 24.0 Å². The van der Waals surface area contributed by atoms with Crippen molar-refractivity contribution in [3.8, 4) is 5.75 Å². The maximum absolute atomic E-state index is 5.68. The summed E-state index contributed by atoms with van der Waals surface area (Å²) in [5.74, 6) is 1.83. The monoisotopic (exact) mass is 526 g/mol. The number of nitrogens with one attached hydrogen (secondary N) is 1. The van der Waals surface area contributed by atoms with E-state index in [0.717, 1.165) is 50.9 Å². The number of aromatic nitrogens is 1. The van der Waals surface area contributed by atoms with Crippen molar-refractivity contribution in [1.29, 1.82) is 0 Å². The predicted octanol–water partition coefficient (Wildman–Crippen LogP) is 3.80. The molecule has 166 valence electrons. The van der Waals surface area contributed by atoms with E-state index in [9.17, 15) is 0 Å². The molecule has 2 heterocycles. The van der Waals surface area contributed by atoms with Crippen LogP contribution in [-0.4, -0.2) is 55.9 Å². The molecule has 0 amide bonds. The molecule has 7 heteroatoms. The van der Waals surface area contributed by atoms with Gasteiger partial charge in [-0.25, -0.2) is 0 Å². The van der Waals surface area contributed by atoms with Gasteiger partial charge in [-0.3, -0.25) is 4.99 Å². The summed E-state index contributed by atoms with van der Waals surface area (Å²) in [5, 5.41) is 3.63. The molecule has 0 spiro atoms. The highest BCUT2D eigenvalue weighted by molar-refractivity contribution is 14.0. The van der Waals surface area contributed by atoms with Crippen LogP contribution in [0.15, 0.2) is 47.6 Å². The first kappa shape index (κ1) is 24.5. The van der Waals surface area contributed by atoms with E-state index in [4.69, 9.17) is 9.47 Å². The Bertz CT molecular complexity index is 798. The third-order valence-electron chi connectivity index (χ3n) is 5.84. The first-order chi connectivity index (χ1) is 14.1. The van der Waals surface area contributed by atoms with Gasteiger partial charge in [0.05, 0.1) is 13.2 Å². The van der Waals surface area contributed by atoms with Crippen molar-refractivity contribution in [2.24, 2.45) is 12.0 Å². The number of guanidine groups is 1. The third kappa shape index (κ3) is 5.91. The lowest BCUT2D eigenvalue weighted by molar-refractivity contribution is 0.0512. The van der Waals surface area contributed by atoms with Gasteiger partial charge in [0, 0.05) is 58.2 Å². The van der Waals surface area contributed by atoms with Crippen LogP contribution in [0.25, 0.3) is 0 Å². The van der Waals surface area contributed by atoms with Crippen molar-refractivity contribution in [3.63, 3.8) is 0 Å². The van der Waals surface area contributed by atoms with Crippen molar-refractivity contribution in [2.75, 3.05) is 40.5 Å². The predicted molar refractivity (Wildman–Crippen MR) is 133 cm³/mol. The lowest BCUT2D eigenvalue weighted by Gasteiger charge is -2.39. The van der Waals surface area contributed by atoms with Gasteiger partial charge in [-0.15, -0.1) is 24.0 Å². The normalized spacial score (nSPS) is 15.9. The number of aryl methyl sites for hydroxylation is 1. The minimum atomic E-state index is 0. The van der Waals surface area contributed by atoms with E-state index >= 15 is 0 Å². The number of ether oxygens (including phenoxy) is 2. The van der Waals surface area contributed by atoms with Crippen molar-refractivity contribution in [2.45, 2.75) is 31.7 Å². The van der Waals surface area contributed by atoms with Crippen LogP contribution in [-0.2, 0) is 23.7 Å². The van der Waals surface area contributed by atoms with Gasteiger partial charge >= 0.3 is 0 Å². The summed E-state index contributed by atoms with van der Waals surface area (Å²) in [7, 11) is 6.00. The standard InChI is InChI=1S/C23H34N4O2.HI/c1-5-29-21-10-8-19(9-11-21)23(12-15-28-16-13-23)18-25-22(24-2)27(4)17-20-7-6-14-26(20)3;/h6-11,14H,5,12-13,15-18H2,1-4H3,(H,24,25);1H. The molecule has 3 rings (SSSR count). The third-order valence-corrected chi connectivity index (χ3v) is 5.84. The number of rotatable bonds is 7. The van der Waals surface area contributed by atoms with Gasteiger partial charge in [0.25, 0.3) is 0 Å². The fourth-order valence-electron chi connectivity index (χ4n) is 4.01. The van der Waals surface area contributed by atoms with E-state index in [2.05, 4.69) is 76.5 Å². The summed E-state index contributed by atoms with van der Waals surface area (Å²) >= 11 is 0. The quantitative estimate of drug-likeness (QED) is 0.339. The Morgan fingerprint density at radius 1 is 1.23 bits per heavy atom. The second-order valence-electron chi connectivity index (χ2n) is 7.72. The molecule has 0 radical (unpaired) electrons. The summed E-state index contributed by atoms with van der Waals surface area (Å²) < 4.78 is 13.4. The average molecular weight is 526 g/mol. The van der Waals surface area contributed by atoms with E-state index in [1.54, 1.807) is 0 Å². The van der Waals surface area contributed by atoms with Crippen LogP contribution in [0.5, 0.6) is 5.75 Å². The summed E-state index contributed by atoms with van der Waals surface area (Å²) in [6.07, 6.45) is 4.06. The molecule has 0 aliphatic carbocycles. The van der Waals surface area contributed by atoms with Gasteiger partial charge in [-0.1, -0.05) is 12.1 Å². The molecule has 1 aliphatic rings. The Hall–Kier alpha value is -1.74. The van der Waals surface area contributed by atoms with Crippen LogP contribution in [0.2, 0.25) is 0 Å². The Morgan fingerprint density at radius 3 is 2.50 bits per heavy atom. The number of hydrogen-bond acceptors (Lipinski definition) is 3. The Balaban J connectivity index is 0.00000320. The topological polar surface area (TPSA) is 51.0 Å². The number of benzene rings is 1. The van der Waals surface area contributed by atoms with Crippen LogP contribution in [0.3, 0.4) is 0 Å². The summed E-state index contributed by atoms with van der Waals surface area (Å²) in [6, 6.07) is 12.8. The molecule has 1 aromatic heterocycles. The van der Waals surface area contributed by atoms with E-state index < -0.39 is 0 Å². The maximum atomic E-state index is 5.68. The molecular weight excluding hydrogens is 491 g/mol. The van der Waals surface area contributed by atoms with Crippen molar-refractivity contribution < 1.29 is 9.47 Å². The minimum Gasteiger partial charge on any atom is -0.494 e. The first-order valence-electron chi connectivity index (χ1n) is 10.4. The van der Waals surface area contributed by atoms with Crippen LogP contribution in [0.4, 0.5) is 0 Å². The van der Waals surface area contributed by atoms with Crippen LogP contribution < -0.4 is 10.1 Å². The van der Waals surface area contributed by atoms with Crippen LogP contribution in [0, 0.1) is 0 Å². The molecule has 30 heavy (non-hydrogen) atoms.